The summed E-state index contributed by atoms with van der Waals surface area (Å²) in [6, 6.07) is 3.27. The third-order valence-electron chi connectivity index (χ3n) is 3.62. The van der Waals surface area contributed by atoms with Crippen molar-refractivity contribution in [2.24, 2.45) is 11.7 Å². The predicted molar refractivity (Wildman–Crippen MR) is 72.3 cm³/mol. The highest BCUT2D eigenvalue weighted by Crippen LogP contribution is 2.18. The van der Waals surface area contributed by atoms with Gasteiger partial charge < -0.3 is 15.8 Å². The molecule has 2 unspecified atom stereocenters. The van der Waals surface area contributed by atoms with Gasteiger partial charge in [-0.3, -0.25) is 9.78 Å². The molecule has 2 heterocycles. The third kappa shape index (κ3) is 3.75. The van der Waals surface area contributed by atoms with Crippen LogP contribution < -0.4 is 11.1 Å². The smallest absolute Gasteiger partial charge is 0.237 e. The maximum Gasteiger partial charge on any atom is 0.237 e. The number of rotatable bonds is 4. The summed E-state index contributed by atoms with van der Waals surface area (Å²) in [5.74, 6) is 0.123. The largest absolute Gasteiger partial charge is 0.381 e. The van der Waals surface area contributed by atoms with Crippen LogP contribution >= 0.6 is 0 Å². The summed E-state index contributed by atoms with van der Waals surface area (Å²) in [7, 11) is 0. The van der Waals surface area contributed by atoms with E-state index in [1.165, 1.54) is 0 Å². The molecule has 5 heteroatoms. The Balaban J connectivity index is 1.89. The highest BCUT2D eigenvalue weighted by atomic mass is 16.5. The van der Waals surface area contributed by atoms with Crippen LogP contribution in [0.5, 0.6) is 0 Å². The molecule has 3 N–H and O–H groups in total. The maximum absolute atomic E-state index is 12.1. The number of nitrogens with two attached hydrogens (primary N) is 1. The first-order chi connectivity index (χ1) is 9.18. The van der Waals surface area contributed by atoms with Gasteiger partial charge in [0.05, 0.1) is 12.1 Å². The highest BCUT2D eigenvalue weighted by Gasteiger charge is 2.27. The molecule has 1 aromatic rings. The number of pyridine rings is 1. The number of nitrogens with one attached hydrogen (secondary N) is 1. The van der Waals surface area contributed by atoms with Crippen molar-refractivity contribution in [1.82, 2.24) is 10.3 Å². The van der Waals surface area contributed by atoms with Crippen LogP contribution in [0.3, 0.4) is 0 Å². The van der Waals surface area contributed by atoms with E-state index in [1.54, 1.807) is 12.4 Å². The average Bonchev–Trinajstić information content (AvgIpc) is 2.48. The van der Waals surface area contributed by atoms with Gasteiger partial charge in [-0.05, 0) is 37.3 Å². The molecule has 1 aromatic heterocycles. The Bertz CT molecular complexity index is 404. The molecule has 0 bridgehead atoms. The molecular formula is C14H21N3O2. The molecule has 0 radical (unpaired) electrons. The van der Waals surface area contributed by atoms with Crippen LogP contribution in [0.1, 0.15) is 31.4 Å². The van der Waals surface area contributed by atoms with E-state index in [4.69, 9.17) is 10.5 Å². The van der Waals surface area contributed by atoms with E-state index in [2.05, 4.69) is 10.3 Å². The van der Waals surface area contributed by atoms with Crippen LogP contribution in [0.25, 0.3) is 0 Å². The molecule has 1 aliphatic heterocycles. The summed E-state index contributed by atoms with van der Waals surface area (Å²) in [6.07, 6.45) is 5.18. The van der Waals surface area contributed by atoms with E-state index < -0.39 is 6.04 Å². The van der Waals surface area contributed by atoms with Gasteiger partial charge in [-0.2, -0.15) is 0 Å². The van der Waals surface area contributed by atoms with E-state index in [1.807, 2.05) is 19.1 Å². The molecule has 1 amide bonds. The Labute approximate surface area is 113 Å². The number of ether oxygens (including phenoxy) is 1. The Morgan fingerprint density at radius 2 is 2.26 bits per heavy atom. The van der Waals surface area contributed by atoms with Gasteiger partial charge in [0.1, 0.15) is 0 Å². The van der Waals surface area contributed by atoms with Crippen molar-refractivity contribution in [3.8, 4) is 0 Å². The molecular weight excluding hydrogens is 242 g/mol. The number of amides is 1. The summed E-state index contributed by atoms with van der Waals surface area (Å²) in [5, 5.41) is 2.95. The first kappa shape index (κ1) is 14.0. The maximum atomic E-state index is 12.1. The zero-order chi connectivity index (χ0) is 13.7. The monoisotopic (exact) mass is 263 g/mol. The van der Waals surface area contributed by atoms with Crippen LogP contribution in [0, 0.1) is 5.92 Å². The molecule has 0 aromatic carbocycles. The molecule has 1 fully saturated rings. The van der Waals surface area contributed by atoms with Gasteiger partial charge in [0, 0.05) is 25.6 Å². The van der Waals surface area contributed by atoms with Crippen molar-refractivity contribution in [2.75, 3.05) is 13.2 Å². The fourth-order valence-electron chi connectivity index (χ4n) is 2.31. The van der Waals surface area contributed by atoms with Gasteiger partial charge in [-0.1, -0.05) is 6.07 Å². The quantitative estimate of drug-likeness (QED) is 0.850. The molecule has 104 valence electrons. The van der Waals surface area contributed by atoms with Crippen molar-refractivity contribution in [2.45, 2.75) is 31.8 Å². The number of carbonyl (C=O) groups is 1. The van der Waals surface area contributed by atoms with Crippen molar-refractivity contribution in [3.63, 3.8) is 0 Å². The second-order valence-corrected chi connectivity index (χ2v) is 4.99. The average molecular weight is 263 g/mol. The molecule has 2 rings (SSSR count). The van der Waals surface area contributed by atoms with E-state index >= 15 is 0 Å². The molecule has 0 saturated carbocycles. The number of aromatic nitrogens is 1. The standard InChI is InChI=1S/C14H21N3O2/c1-10(12-3-2-6-16-9-12)17-14(18)13(15)11-4-7-19-8-5-11/h2-3,6,9-11,13H,4-5,7-8,15H2,1H3,(H,17,18). The van der Waals surface area contributed by atoms with Gasteiger partial charge in [0.25, 0.3) is 0 Å². The summed E-state index contributed by atoms with van der Waals surface area (Å²) >= 11 is 0. The van der Waals surface area contributed by atoms with Gasteiger partial charge in [0.15, 0.2) is 0 Å². The Morgan fingerprint density at radius 1 is 1.53 bits per heavy atom. The van der Waals surface area contributed by atoms with Crippen molar-refractivity contribution < 1.29 is 9.53 Å². The van der Waals surface area contributed by atoms with E-state index in [0.717, 1.165) is 18.4 Å². The summed E-state index contributed by atoms with van der Waals surface area (Å²) < 4.78 is 5.28. The fourth-order valence-corrected chi connectivity index (χ4v) is 2.31. The molecule has 0 spiro atoms. The van der Waals surface area contributed by atoms with Crippen LogP contribution in [0.15, 0.2) is 24.5 Å². The minimum Gasteiger partial charge on any atom is -0.381 e. The lowest BCUT2D eigenvalue weighted by Crippen LogP contribution is -2.47. The Hall–Kier alpha value is -1.46. The van der Waals surface area contributed by atoms with E-state index in [9.17, 15) is 4.79 Å². The Kier molecular flexibility index (Phi) is 4.87. The van der Waals surface area contributed by atoms with Gasteiger partial charge in [0.2, 0.25) is 5.91 Å². The Morgan fingerprint density at radius 3 is 2.89 bits per heavy atom. The van der Waals surface area contributed by atoms with Crippen LogP contribution in [0.4, 0.5) is 0 Å². The van der Waals surface area contributed by atoms with Crippen LogP contribution in [0.2, 0.25) is 0 Å². The molecule has 1 saturated heterocycles. The normalized spacial score (nSPS) is 19.7. The molecule has 19 heavy (non-hydrogen) atoms. The summed E-state index contributed by atoms with van der Waals surface area (Å²) in [5.41, 5.74) is 7.02. The lowest BCUT2D eigenvalue weighted by molar-refractivity contribution is -0.125. The van der Waals surface area contributed by atoms with Crippen LogP contribution in [-0.4, -0.2) is 30.1 Å². The topological polar surface area (TPSA) is 77.2 Å². The predicted octanol–water partition coefficient (Wildman–Crippen LogP) is 1.01. The lowest BCUT2D eigenvalue weighted by Gasteiger charge is -2.27. The number of carbonyl (C=O) groups excluding carboxylic acids is 1. The number of hydrogen-bond acceptors (Lipinski definition) is 4. The van der Waals surface area contributed by atoms with Gasteiger partial charge in [-0.15, -0.1) is 0 Å². The minimum absolute atomic E-state index is 0.0768. The SMILES string of the molecule is CC(NC(=O)C(N)C1CCOCC1)c1cccnc1. The second kappa shape index (κ2) is 6.63. The van der Waals surface area contributed by atoms with Gasteiger partial charge >= 0.3 is 0 Å². The van der Waals surface area contributed by atoms with Crippen molar-refractivity contribution >= 4 is 5.91 Å². The third-order valence-corrected chi connectivity index (χ3v) is 3.62. The van der Waals surface area contributed by atoms with Gasteiger partial charge in [-0.25, -0.2) is 0 Å². The molecule has 5 nitrogen and oxygen atoms in total. The summed E-state index contributed by atoms with van der Waals surface area (Å²) in [6.45, 7) is 3.33. The minimum atomic E-state index is -0.456. The number of hydrogen-bond donors (Lipinski definition) is 2. The number of nitrogens with zero attached hydrogens (tertiary/aromatic N) is 1. The van der Waals surface area contributed by atoms with Crippen molar-refractivity contribution in [1.29, 1.82) is 0 Å². The van der Waals surface area contributed by atoms with Crippen LogP contribution in [-0.2, 0) is 9.53 Å². The molecule has 0 aliphatic carbocycles. The van der Waals surface area contributed by atoms with E-state index in [-0.39, 0.29) is 17.9 Å². The first-order valence-corrected chi connectivity index (χ1v) is 6.72. The van der Waals surface area contributed by atoms with Crippen molar-refractivity contribution in [3.05, 3.63) is 30.1 Å². The second-order valence-electron chi connectivity index (χ2n) is 4.99. The first-order valence-electron chi connectivity index (χ1n) is 6.72. The highest BCUT2D eigenvalue weighted by molar-refractivity contribution is 5.82. The zero-order valence-electron chi connectivity index (χ0n) is 11.2. The van der Waals surface area contributed by atoms with E-state index in [0.29, 0.717) is 13.2 Å². The lowest BCUT2D eigenvalue weighted by atomic mass is 9.91. The molecule has 2 atom stereocenters. The fraction of sp³-hybridized carbons (Fsp3) is 0.571. The zero-order valence-corrected chi connectivity index (χ0v) is 11.2. The molecule has 1 aliphatic rings. The summed E-state index contributed by atoms with van der Waals surface area (Å²) in [4.78, 5) is 16.2.